The number of methoxy groups -OCH3 is 1. The van der Waals surface area contributed by atoms with E-state index in [-0.39, 0.29) is 24.0 Å². The van der Waals surface area contributed by atoms with E-state index >= 15 is 0 Å². The SMILES string of the molecule is CN=C(NCc1cccc(N(C)C)c1)N1CCN(c2ccc(OC)cc2)CC1.I. The molecule has 0 bridgehead atoms. The summed E-state index contributed by atoms with van der Waals surface area (Å²) in [6, 6.07) is 16.9. The summed E-state index contributed by atoms with van der Waals surface area (Å²) in [4.78, 5) is 11.3. The first-order valence-electron chi connectivity index (χ1n) is 9.71. The van der Waals surface area contributed by atoms with E-state index in [4.69, 9.17) is 4.74 Å². The molecule has 0 aliphatic carbocycles. The fourth-order valence-corrected chi connectivity index (χ4v) is 3.43. The van der Waals surface area contributed by atoms with Crippen LogP contribution in [0.3, 0.4) is 0 Å². The number of anilines is 2. The van der Waals surface area contributed by atoms with Gasteiger partial charge in [0.25, 0.3) is 0 Å². The Bertz CT molecular complexity index is 786. The fourth-order valence-electron chi connectivity index (χ4n) is 3.43. The zero-order valence-corrected chi connectivity index (χ0v) is 20.1. The second-order valence-electron chi connectivity index (χ2n) is 7.14. The predicted octanol–water partition coefficient (Wildman–Crippen LogP) is 3.28. The first-order chi connectivity index (χ1) is 13.6. The lowest BCUT2D eigenvalue weighted by Gasteiger charge is -2.37. The van der Waals surface area contributed by atoms with Crippen molar-refractivity contribution in [1.82, 2.24) is 10.2 Å². The summed E-state index contributed by atoms with van der Waals surface area (Å²) in [5.41, 5.74) is 3.70. The van der Waals surface area contributed by atoms with Gasteiger partial charge in [-0.15, -0.1) is 24.0 Å². The number of aliphatic imine (C=N–C) groups is 1. The Balaban J connectivity index is 0.00000300. The van der Waals surface area contributed by atoms with Gasteiger partial charge in [0.15, 0.2) is 5.96 Å². The number of halogens is 1. The summed E-state index contributed by atoms with van der Waals surface area (Å²) in [6.07, 6.45) is 0. The largest absolute Gasteiger partial charge is 0.497 e. The van der Waals surface area contributed by atoms with E-state index in [0.29, 0.717) is 0 Å². The number of piperazine rings is 1. The number of hydrogen-bond acceptors (Lipinski definition) is 4. The lowest BCUT2D eigenvalue weighted by Crippen LogP contribution is -2.52. The van der Waals surface area contributed by atoms with Crippen LogP contribution in [0.4, 0.5) is 11.4 Å². The van der Waals surface area contributed by atoms with E-state index in [1.807, 2.05) is 19.2 Å². The van der Waals surface area contributed by atoms with Gasteiger partial charge in [-0.1, -0.05) is 12.1 Å². The molecule has 0 amide bonds. The number of nitrogens with one attached hydrogen (secondary N) is 1. The zero-order chi connectivity index (χ0) is 19.9. The molecule has 29 heavy (non-hydrogen) atoms. The standard InChI is InChI=1S/C22H31N5O.HI/c1-23-22(24-17-18-6-5-7-20(16-18)25(2)3)27-14-12-26(13-15-27)19-8-10-21(28-4)11-9-19;/h5-11,16H,12-15,17H2,1-4H3,(H,23,24);1H. The average molecular weight is 509 g/mol. The lowest BCUT2D eigenvalue weighted by molar-refractivity contribution is 0.372. The molecular formula is C22H32IN5O. The van der Waals surface area contributed by atoms with Crippen LogP contribution < -0.4 is 19.9 Å². The topological polar surface area (TPSA) is 43.3 Å². The van der Waals surface area contributed by atoms with Gasteiger partial charge >= 0.3 is 0 Å². The molecule has 0 atom stereocenters. The van der Waals surface area contributed by atoms with Crippen LogP contribution in [0.5, 0.6) is 5.75 Å². The van der Waals surface area contributed by atoms with Crippen molar-refractivity contribution < 1.29 is 4.74 Å². The molecule has 6 nitrogen and oxygen atoms in total. The Morgan fingerprint density at radius 1 is 1.07 bits per heavy atom. The van der Waals surface area contributed by atoms with Gasteiger partial charge in [-0.05, 0) is 42.0 Å². The van der Waals surface area contributed by atoms with E-state index in [2.05, 4.69) is 75.5 Å². The molecule has 1 N–H and O–H groups in total. The maximum atomic E-state index is 5.25. The highest BCUT2D eigenvalue weighted by Crippen LogP contribution is 2.20. The highest BCUT2D eigenvalue weighted by Gasteiger charge is 2.19. The van der Waals surface area contributed by atoms with Crippen molar-refractivity contribution in [2.45, 2.75) is 6.54 Å². The summed E-state index contributed by atoms with van der Waals surface area (Å²) >= 11 is 0. The molecule has 1 saturated heterocycles. The summed E-state index contributed by atoms with van der Waals surface area (Å²) in [7, 11) is 7.68. The molecule has 7 heteroatoms. The molecule has 158 valence electrons. The molecule has 0 radical (unpaired) electrons. The molecule has 3 rings (SSSR count). The van der Waals surface area contributed by atoms with Crippen LogP contribution in [0.2, 0.25) is 0 Å². The van der Waals surface area contributed by atoms with E-state index in [9.17, 15) is 0 Å². The lowest BCUT2D eigenvalue weighted by atomic mass is 10.2. The number of hydrogen-bond donors (Lipinski definition) is 1. The minimum absolute atomic E-state index is 0. The van der Waals surface area contributed by atoms with Gasteiger partial charge < -0.3 is 24.8 Å². The number of rotatable bonds is 5. The molecule has 0 unspecified atom stereocenters. The highest BCUT2D eigenvalue weighted by atomic mass is 127. The number of nitrogens with zero attached hydrogens (tertiary/aromatic N) is 4. The molecule has 1 fully saturated rings. The molecule has 1 aliphatic heterocycles. The minimum Gasteiger partial charge on any atom is -0.497 e. The highest BCUT2D eigenvalue weighted by molar-refractivity contribution is 14.0. The molecule has 0 spiro atoms. The van der Waals surface area contributed by atoms with Crippen LogP contribution in [0, 0.1) is 0 Å². The van der Waals surface area contributed by atoms with Crippen molar-refractivity contribution in [3.05, 3.63) is 54.1 Å². The second-order valence-corrected chi connectivity index (χ2v) is 7.14. The van der Waals surface area contributed by atoms with E-state index in [1.165, 1.54) is 16.9 Å². The Hall–Kier alpha value is -2.16. The van der Waals surface area contributed by atoms with E-state index in [0.717, 1.165) is 44.4 Å². The minimum atomic E-state index is 0. The first kappa shape index (κ1) is 23.1. The van der Waals surface area contributed by atoms with Gasteiger partial charge in [0.2, 0.25) is 0 Å². The van der Waals surface area contributed by atoms with Crippen LogP contribution in [-0.4, -0.2) is 65.3 Å². The maximum absolute atomic E-state index is 5.25. The third-order valence-electron chi connectivity index (χ3n) is 5.11. The van der Waals surface area contributed by atoms with Crippen LogP contribution in [0.25, 0.3) is 0 Å². The van der Waals surface area contributed by atoms with Gasteiger partial charge in [-0.25, -0.2) is 0 Å². The molecular weight excluding hydrogens is 477 g/mol. The number of guanidine groups is 1. The summed E-state index contributed by atoms with van der Waals surface area (Å²) in [6.45, 7) is 4.62. The van der Waals surface area contributed by atoms with E-state index < -0.39 is 0 Å². The van der Waals surface area contributed by atoms with Crippen LogP contribution in [-0.2, 0) is 6.54 Å². The Morgan fingerprint density at radius 3 is 2.34 bits per heavy atom. The van der Waals surface area contributed by atoms with Crippen molar-refractivity contribution in [1.29, 1.82) is 0 Å². The van der Waals surface area contributed by atoms with Crippen LogP contribution >= 0.6 is 24.0 Å². The Morgan fingerprint density at radius 2 is 1.76 bits per heavy atom. The van der Waals surface area contributed by atoms with Crippen molar-refractivity contribution in [3.63, 3.8) is 0 Å². The van der Waals surface area contributed by atoms with Gasteiger partial charge in [-0.2, -0.15) is 0 Å². The van der Waals surface area contributed by atoms with Crippen molar-refractivity contribution >= 4 is 41.3 Å². The van der Waals surface area contributed by atoms with Crippen molar-refractivity contribution in [2.24, 2.45) is 4.99 Å². The second kappa shape index (κ2) is 11.1. The smallest absolute Gasteiger partial charge is 0.194 e. The third-order valence-corrected chi connectivity index (χ3v) is 5.11. The van der Waals surface area contributed by atoms with Crippen LogP contribution in [0.1, 0.15) is 5.56 Å². The van der Waals surface area contributed by atoms with Crippen LogP contribution in [0.15, 0.2) is 53.5 Å². The summed E-state index contributed by atoms with van der Waals surface area (Å²) < 4.78 is 5.25. The number of benzene rings is 2. The van der Waals surface area contributed by atoms with Crippen molar-refractivity contribution in [2.75, 3.05) is 64.2 Å². The maximum Gasteiger partial charge on any atom is 0.194 e. The third kappa shape index (κ3) is 6.16. The summed E-state index contributed by atoms with van der Waals surface area (Å²) in [5.74, 6) is 1.86. The molecule has 1 heterocycles. The first-order valence-corrected chi connectivity index (χ1v) is 9.71. The van der Waals surface area contributed by atoms with Gasteiger partial charge in [-0.3, -0.25) is 4.99 Å². The van der Waals surface area contributed by atoms with Gasteiger partial charge in [0.1, 0.15) is 5.75 Å². The molecule has 0 saturated carbocycles. The van der Waals surface area contributed by atoms with Gasteiger partial charge in [0.05, 0.1) is 7.11 Å². The normalized spacial score (nSPS) is 14.3. The van der Waals surface area contributed by atoms with Gasteiger partial charge in [0, 0.05) is 65.2 Å². The zero-order valence-electron chi connectivity index (χ0n) is 17.8. The Kier molecular flexibility index (Phi) is 8.88. The molecule has 0 aromatic heterocycles. The fraction of sp³-hybridized carbons (Fsp3) is 0.409. The monoisotopic (exact) mass is 509 g/mol. The number of ether oxygens (including phenoxy) is 1. The average Bonchev–Trinajstić information content (AvgIpc) is 2.75. The molecule has 2 aromatic carbocycles. The van der Waals surface area contributed by atoms with Crippen molar-refractivity contribution in [3.8, 4) is 5.75 Å². The summed E-state index contributed by atoms with van der Waals surface area (Å²) in [5, 5.41) is 3.51. The predicted molar refractivity (Wildman–Crippen MR) is 133 cm³/mol. The quantitative estimate of drug-likeness (QED) is 0.381. The van der Waals surface area contributed by atoms with E-state index in [1.54, 1.807) is 7.11 Å². The molecule has 2 aromatic rings. The Labute approximate surface area is 191 Å². The molecule has 1 aliphatic rings.